The van der Waals surface area contributed by atoms with Gasteiger partial charge in [0.05, 0.1) is 10.7 Å². The van der Waals surface area contributed by atoms with E-state index in [0.29, 0.717) is 39.2 Å². The van der Waals surface area contributed by atoms with Gasteiger partial charge in [-0.1, -0.05) is 71.7 Å². The van der Waals surface area contributed by atoms with Crippen molar-refractivity contribution in [2.24, 2.45) is 0 Å². The monoisotopic (exact) mass is 544 g/mol. The van der Waals surface area contributed by atoms with Gasteiger partial charge in [0.1, 0.15) is 17.9 Å². The van der Waals surface area contributed by atoms with Crippen LogP contribution in [0.5, 0.6) is 5.75 Å². The first-order valence-corrected chi connectivity index (χ1v) is 12.6. The van der Waals surface area contributed by atoms with Crippen molar-refractivity contribution in [2.75, 3.05) is 4.90 Å². The summed E-state index contributed by atoms with van der Waals surface area (Å²) in [6.45, 7) is 4.05. The van der Waals surface area contributed by atoms with Crippen LogP contribution in [-0.2, 0) is 16.2 Å². The first-order chi connectivity index (χ1) is 18.2. The smallest absolute Gasteiger partial charge is 0.335 e. The minimum atomic E-state index is -0.840. The number of barbiturate groups is 1. The molecule has 5 rings (SSSR count). The summed E-state index contributed by atoms with van der Waals surface area (Å²) in [5.74, 6) is -1.09. The van der Waals surface area contributed by atoms with Crippen LogP contribution in [0.25, 0.3) is 16.8 Å². The van der Waals surface area contributed by atoms with Gasteiger partial charge < -0.3 is 4.74 Å². The van der Waals surface area contributed by atoms with Gasteiger partial charge in [0.15, 0.2) is 0 Å². The molecular formula is C30H22Cl2N2O4. The number of rotatable bonds is 5. The summed E-state index contributed by atoms with van der Waals surface area (Å²) in [7, 11) is 0. The Hall–Kier alpha value is -4.13. The van der Waals surface area contributed by atoms with E-state index in [1.165, 1.54) is 6.08 Å². The highest BCUT2D eigenvalue weighted by Crippen LogP contribution is 2.32. The zero-order valence-corrected chi connectivity index (χ0v) is 22.1. The van der Waals surface area contributed by atoms with E-state index in [-0.39, 0.29) is 5.57 Å². The number of fused-ring (bicyclic) bond motifs is 1. The van der Waals surface area contributed by atoms with Crippen LogP contribution in [0.3, 0.4) is 0 Å². The van der Waals surface area contributed by atoms with Crippen molar-refractivity contribution >= 4 is 63.6 Å². The van der Waals surface area contributed by atoms with Gasteiger partial charge in [-0.3, -0.25) is 14.9 Å². The second kappa shape index (κ2) is 10.3. The lowest BCUT2D eigenvalue weighted by molar-refractivity contribution is -0.122. The molecule has 1 heterocycles. The number of ether oxygens (including phenoxy) is 1. The van der Waals surface area contributed by atoms with Crippen molar-refractivity contribution in [1.29, 1.82) is 0 Å². The van der Waals surface area contributed by atoms with Crippen molar-refractivity contribution in [2.45, 2.75) is 20.5 Å². The van der Waals surface area contributed by atoms with E-state index in [2.05, 4.69) is 29.6 Å². The van der Waals surface area contributed by atoms with Crippen molar-refractivity contribution in [3.05, 3.63) is 111 Å². The summed E-state index contributed by atoms with van der Waals surface area (Å²) in [6.07, 6.45) is 1.39. The van der Waals surface area contributed by atoms with E-state index in [0.717, 1.165) is 26.8 Å². The van der Waals surface area contributed by atoms with Crippen molar-refractivity contribution in [3.63, 3.8) is 0 Å². The number of imide groups is 2. The van der Waals surface area contributed by atoms with Gasteiger partial charge in [0, 0.05) is 10.6 Å². The Morgan fingerprint density at radius 2 is 1.68 bits per heavy atom. The van der Waals surface area contributed by atoms with Crippen molar-refractivity contribution in [3.8, 4) is 5.75 Å². The fourth-order valence-corrected chi connectivity index (χ4v) is 4.80. The number of anilines is 1. The zero-order valence-electron chi connectivity index (χ0n) is 20.5. The molecule has 0 bridgehead atoms. The Morgan fingerprint density at radius 3 is 2.47 bits per heavy atom. The summed E-state index contributed by atoms with van der Waals surface area (Å²) in [5.41, 5.74) is 3.30. The third-order valence-electron chi connectivity index (χ3n) is 6.50. The lowest BCUT2D eigenvalue weighted by Crippen LogP contribution is -2.54. The van der Waals surface area contributed by atoms with Gasteiger partial charge in [-0.2, -0.15) is 0 Å². The normalized spacial score (nSPS) is 14.8. The number of halogens is 2. The van der Waals surface area contributed by atoms with Crippen LogP contribution >= 0.6 is 23.2 Å². The van der Waals surface area contributed by atoms with E-state index >= 15 is 0 Å². The molecule has 0 aliphatic carbocycles. The fourth-order valence-electron chi connectivity index (χ4n) is 4.39. The number of nitrogens with zero attached hydrogens (tertiary/aromatic N) is 1. The molecule has 1 saturated heterocycles. The van der Waals surface area contributed by atoms with Crippen LogP contribution in [0, 0.1) is 13.8 Å². The SMILES string of the molecule is Cc1ccc2ccccc2c1COc1ccc(/C=C2\C(=O)NC(=O)N(c3cccc(Cl)c3C)C2=O)cc1Cl. The van der Waals surface area contributed by atoms with Gasteiger partial charge >= 0.3 is 6.03 Å². The first-order valence-electron chi connectivity index (χ1n) is 11.8. The van der Waals surface area contributed by atoms with Crippen LogP contribution in [0.4, 0.5) is 10.5 Å². The van der Waals surface area contributed by atoms with E-state index in [1.807, 2.05) is 19.1 Å². The molecule has 0 spiro atoms. The molecular weight excluding hydrogens is 523 g/mol. The lowest BCUT2D eigenvalue weighted by atomic mass is 10.0. The summed E-state index contributed by atoms with van der Waals surface area (Å²) in [5, 5.41) is 5.17. The van der Waals surface area contributed by atoms with E-state index in [1.54, 1.807) is 43.3 Å². The lowest BCUT2D eigenvalue weighted by Gasteiger charge is -2.27. The molecule has 190 valence electrons. The molecule has 8 heteroatoms. The molecule has 1 aliphatic heterocycles. The quantitative estimate of drug-likeness (QED) is 0.216. The largest absolute Gasteiger partial charge is 0.487 e. The van der Waals surface area contributed by atoms with Crippen LogP contribution in [0.2, 0.25) is 10.0 Å². The Kier molecular flexibility index (Phi) is 6.93. The highest BCUT2D eigenvalue weighted by molar-refractivity contribution is 6.40. The third kappa shape index (κ3) is 4.76. The van der Waals surface area contributed by atoms with E-state index < -0.39 is 17.8 Å². The molecule has 0 saturated carbocycles. The van der Waals surface area contributed by atoms with Crippen LogP contribution in [0.1, 0.15) is 22.3 Å². The molecule has 0 unspecified atom stereocenters. The molecule has 4 aromatic carbocycles. The molecule has 0 radical (unpaired) electrons. The average molecular weight is 545 g/mol. The summed E-state index contributed by atoms with van der Waals surface area (Å²) in [4.78, 5) is 39.2. The number of hydrogen-bond acceptors (Lipinski definition) is 4. The highest BCUT2D eigenvalue weighted by atomic mass is 35.5. The topological polar surface area (TPSA) is 75.7 Å². The number of urea groups is 1. The van der Waals surface area contributed by atoms with Crippen LogP contribution in [-0.4, -0.2) is 17.8 Å². The molecule has 38 heavy (non-hydrogen) atoms. The number of carbonyl (C=O) groups excluding carboxylic acids is 3. The minimum Gasteiger partial charge on any atom is -0.487 e. The second-order valence-corrected chi connectivity index (χ2v) is 9.72. The molecule has 4 amide bonds. The second-order valence-electron chi connectivity index (χ2n) is 8.90. The van der Waals surface area contributed by atoms with Gasteiger partial charge in [0.25, 0.3) is 11.8 Å². The Labute approximate surface area is 229 Å². The molecule has 6 nitrogen and oxygen atoms in total. The van der Waals surface area contributed by atoms with Gasteiger partial charge in [-0.15, -0.1) is 0 Å². The van der Waals surface area contributed by atoms with Gasteiger partial charge in [0.2, 0.25) is 0 Å². The number of benzene rings is 4. The molecule has 0 atom stereocenters. The maximum Gasteiger partial charge on any atom is 0.335 e. The predicted octanol–water partition coefficient (Wildman–Crippen LogP) is 7.01. The highest BCUT2D eigenvalue weighted by Gasteiger charge is 2.37. The van der Waals surface area contributed by atoms with E-state index in [9.17, 15) is 14.4 Å². The number of nitrogens with one attached hydrogen (secondary N) is 1. The Morgan fingerprint density at radius 1 is 0.895 bits per heavy atom. The molecule has 4 aromatic rings. The molecule has 0 aromatic heterocycles. The van der Waals surface area contributed by atoms with Crippen molar-refractivity contribution in [1.82, 2.24) is 5.32 Å². The zero-order chi connectivity index (χ0) is 27.0. The van der Waals surface area contributed by atoms with E-state index in [4.69, 9.17) is 27.9 Å². The minimum absolute atomic E-state index is 0.208. The van der Waals surface area contributed by atoms with Gasteiger partial charge in [-0.05, 0) is 71.7 Å². The molecule has 1 aliphatic rings. The van der Waals surface area contributed by atoms with Crippen molar-refractivity contribution < 1.29 is 19.1 Å². The number of aryl methyl sites for hydroxylation is 1. The standard InChI is InChI=1S/C30H22Cl2N2O4/c1-17-10-12-20-6-3-4-7-21(20)23(17)16-38-27-13-11-19(15-25(27)32)14-22-28(35)33-30(37)34(29(22)36)26-9-5-8-24(31)18(26)2/h3-15H,16H2,1-2H3,(H,33,35,37)/b22-14+. The molecule has 1 fully saturated rings. The third-order valence-corrected chi connectivity index (χ3v) is 7.20. The number of hydrogen-bond donors (Lipinski definition) is 1. The van der Waals surface area contributed by atoms with Crippen LogP contribution in [0.15, 0.2) is 78.4 Å². The summed E-state index contributed by atoms with van der Waals surface area (Å²) >= 11 is 12.7. The Bertz CT molecular complexity index is 1660. The summed E-state index contributed by atoms with van der Waals surface area (Å²) < 4.78 is 6.05. The maximum absolute atomic E-state index is 13.2. The number of carbonyl (C=O) groups is 3. The first kappa shape index (κ1) is 25.5. The van der Waals surface area contributed by atoms with Crippen LogP contribution < -0.4 is 15.0 Å². The maximum atomic E-state index is 13.2. The number of amides is 4. The Balaban J connectivity index is 1.41. The molecule has 1 N–H and O–H groups in total. The summed E-state index contributed by atoms with van der Waals surface area (Å²) in [6, 6.07) is 21.2. The predicted molar refractivity (Wildman–Crippen MR) is 150 cm³/mol. The average Bonchev–Trinajstić information content (AvgIpc) is 2.89. The van der Waals surface area contributed by atoms with Gasteiger partial charge in [-0.25, -0.2) is 9.69 Å². The fraction of sp³-hybridized carbons (Fsp3) is 0.100.